The molecule has 5 nitrogen and oxygen atoms in total. The van der Waals surface area contributed by atoms with Gasteiger partial charge >= 0.3 is 5.97 Å². The zero-order chi connectivity index (χ0) is 15.4. The number of carbonyl (C=O) groups is 2. The van der Waals surface area contributed by atoms with Gasteiger partial charge in [0.1, 0.15) is 0 Å². The van der Waals surface area contributed by atoms with E-state index in [4.69, 9.17) is 33.0 Å². The van der Waals surface area contributed by atoms with Crippen molar-refractivity contribution in [1.82, 2.24) is 4.90 Å². The summed E-state index contributed by atoms with van der Waals surface area (Å²) in [7, 11) is 0. The Balaban J connectivity index is 1.90. The predicted octanol–water partition coefficient (Wildman–Crippen LogP) is 2.24. The largest absolute Gasteiger partial charge is 0.479 e. The van der Waals surface area contributed by atoms with Gasteiger partial charge in [0.25, 0.3) is 0 Å². The maximum atomic E-state index is 12.1. The summed E-state index contributed by atoms with van der Waals surface area (Å²) in [5.41, 5.74) is 0.845. The molecular weight excluding hydrogens is 317 g/mol. The third kappa shape index (κ3) is 4.33. The molecule has 0 aromatic heterocycles. The molecule has 1 aromatic rings. The molecule has 2 rings (SSSR count). The van der Waals surface area contributed by atoms with Gasteiger partial charge in [0.2, 0.25) is 5.91 Å². The zero-order valence-corrected chi connectivity index (χ0v) is 12.7. The van der Waals surface area contributed by atoms with Crippen LogP contribution in [0.25, 0.3) is 0 Å². The fourth-order valence-electron chi connectivity index (χ4n) is 2.15. The molecule has 1 amide bonds. The molecular formula is C14H15Cl2NO4. The lowest BCUT2D eigenvalue weighted by Crippen LogP contribution is -2.48. The van der Waals surface area contributed by atoms with Crippen molar-refractivity contribution in [2.24, 2.45) is 0 Å². The monoisotopic (exact) mass is 331 g/mol. The Morgan fingerprint density at radius 2 is 2.14 bits per heavy atom. The number of hydrogen-bond donors (Lipinski definition) is 1. The minimum absolute atomic E-state index is 0.0858. The highest BCUT2D eigenvalue weighted by Crippen LogP contribution is 2.22. The van der Waals surface area contributed by atoms with Gasteiger partial charge in [0.15, 0.2) is 6.10 Å². The number of amides is 1. The van der Waals surface area contributed by atoms with Crippen molar-refractivity contribution in [2.45, 2.75) is 18.9 Å². The summed E-state index contributed by atoms with van der Waals surface area (Å²) in [6.45, 7) is 0.740. The van der Waals surface area contributed by atoms with Crippen molar-refractivity contribution in [3.05, 3.63) is 33.8 Å². The molecule has 0 aliphatic carbocycles. The van der Waals surface area contributed by atoms with Crippen LogP contribution in [0.4, 0.5) is 0 Å². The molecule has 1 aromatic carbocycles. The Morgan fingerprint density at radius 1 is 1.38 bits per heavy atom. The van der Waals surface area contributed by atoms with E-state index in [1.165, 1.54) is 4.90 Å². The second-order valence-electron chi connectivity index (χ2n) is 4.77. The first-order valence-electron chi connectivity index (χ1n) is 6.53. The molecule has 0 radical (unpaired) electrons. The molecule has 0 spiro atoms. The van der Waals surface area contributed by atoms with Crippen LogP contribution in [0.2, 0.25) is 10.0 Å². The van der Waals surface area contributed by atoms with E-state index in [2.05, 4.69) is 0 Å². The molecule has 1 aliphatic rings. The number of ether oxygens (including phenoxy) is 1. The van der Waals surface area contributed by atoms with Crippen LogP contribution in [0.1, 0.15) is 12.0 Å². The number of carbonyl (C=O) groups excluding carboxylic acids is 1. The minimum atomic E-state index is -1.05. The topological polar surface area (TPSA) is 66.8 Å². The van der Waals surface area contributed by atoms with Crippen LogP contribution >= 0.6 is 23.2 Å². The van der Waals surface area contributed by atoms with Crippen LogP contribution in [0, 0.1) is 0 Å². The molecule has 1 heterocycles. The van der Waals surface area contributed by atoms with Crippen LogP contribution in [-0.2, 0) is 20.7 Å². The second kappa shape index (κ2) is 7.11. The number of morpholine rings is 1. The first kappa shape index (κ1) is 16.1. The number of nitrogens with zero attached hydrogens (tertiary/aromatic N) is 1. The van der Waals surface area contributed by atoms with Crippen molar-refractivity contribution in [2.75, 3.05) is 19.7 Å². The summed E-state index contributed by atoms with van der Waals surface area (Å²) in [6, 6.07) is 5.15. The summed E-state index contributed by atoms with van der Waals surface area (Å²) < 4.78 is 5.09. The number of hydrogen-bond acceptors (Lipinski definition) is 3. The highest BCUT2D eigenvalue weighted by atomic mass is 35.5. The summed E-state index contributed by atoms with van der Waals surface area (Å²) >= 11 is 11.9. The van der Waals surface area contributed by atoms with Crippen LogP contribution in [-0.4, -0.2) is 47.7 Å². The van der Waals surface area contributed by atoms with Crippen molar-refractivity contribution in [3.8, 4) is 0 Å². The van der Waals surface area contributed by atoms with E-state index in [-0.39, 0.29) is 25.5 Å². The van der Waals surface area contributed by atoms with Crippen molar-refractivity contribution in [1.29, 1.82) is 0 Å². The van der Waals surface area contributed by atoms with E-state index in [1.54, 1.807) is 18.2 Å². The number of carboxylic acid groups (broad SMARTS) is 1. The molecule has 1 atom stereocenters. The van der Waals surface area contributed by atoms with E-state index in [1.807, 2.05) is 0 Å². The molecule has 114 valence electrons. The lowest BCUT2D eigenvalue weighted by molar-refractivity contribution is -0.159. The van der Waals surface area contributed by atoms with Crippen molar-refractivity contribution >= 4 is 35.1 Å². The van der Waals surface area contributed by atoms with E-state index < -0.39 is 12.1 Å². The number of benzene rings is 1. The average molecular weight is 332 g/mol. The molecule has 1 aliphatic heterocycles. The SMILES string of the molecule is O=C(O)[C@@H]1CN(C(=O)CCc2ccc(Cl)cc2Cl)CCO1. The lowest BCUT2D eigenvalue weighted by Gasteiger charge is -2.31. The smallest absolute Gasteiger partial charge is 0.334 e. The summed E-state index contributed by atoms with van der Waals surface area (Å²) in [6.07, 6.45) is -0.181. The fourth-order valence-corrected chi connectivity index (χ4v) is 2.65. The summed E-state index contributed by atoms with van der Waals surface area (Å²) in [5.74, 6) is -1.15. The third-order valence-corrected chi connectivity index (χ3v) is 3.90. The van der Waals surface area contributed by atoms with Crippen LogP contribution < -0.4 is 0 Å². The number of aryl methyl sites for hydroxylation is 1. The molecule has 1 saturated heterocycles. The normalized spacial score (nSPS) is 18.6. The first-order chi connectivity index (χ1) is 9.97. The first-order valence-corrected chi connectivity index (χ1v) is 7.29. The molecule has 21 heavy (non-hydrogen) atoms. The highest BCUT2D eigenvalue weighted by molar-refractivity contribution is 6.35. The Bertz CT molecular complexity index is 550. The molecule has 1 fully saturated rings. The number of aliphatic carboxylic acids is 1. The van der Waals surface area contributed by atoms with Gasteiger partial charge < -0.3 is 14.7 Å². The van der Waals surface area contributed by atoms with Crippen LogP contribution in [0.5, 0.6) is 0 Å². The van der Waals surface area contributed by atoms with Gasteiger partial charge in [0.05, 0.1) is 13.2 Å². The van der Waals surface area contributed by atoms with Gasteiger partial charge in [0, 0.05) is 23.0 Å². The average Bonchev–Trinajstić information content (AvgIpc) is 2.46. The Hall–Kier alpha value is -1.30. The van der Waals surface area contributed by atoms with E-state index in [0.717, 1.165) is 5.56 Å². The lowest BCUT2D eigenvalue weighted by atomic mass is 10.1. The zero-order valence-electron chi connectivity index (χ0n) is 11.2. The maximum absolute atomic E-state index is 12.1. The van der Waals surface area contributed by atoms with Crippen molar-refractivity contribution < 1.29 is 19.4 Å². The molecule has 1 N–H and O–H groups in total. The summed E-state index contributed by atoms with van der Waals surface area (Å²) in [4.78, 5) is 24.5. The number of halogens is 2. The second-order valence-corrected chi connectivity index (χ2v) is 5.62. The van der Waals surface area contributed by atoms with E-state index in [9.17, 15) is 9.59 Å². The van der Waals surface area contributed by atoms with E-state index in [0.29, 0.717) is 23.0 Å². The van der Waals surface area contributed by atoms with Gasteiger partial charge in [-0.05, 0) is 24.1 Å². The number of carboxylic acids is 1. The van der Waals surface area contributed by atoms with Gasteiger partial charge in [-0.25, -0.2) is 4.79 Å². The quantitative estimate of drug-likeness (QED) is 0.918. The van der Waals surface area contributed by atoms with Gasteiger partial charge in [-0.15, -0.1) is 0 Å². The Morgan fingerprint density at radius 3 is 2.81 bits per heavy atom. The van der Waals surface area contributed by atoms with Crippen LogP contribution in [0.3, 0.4) is 0 Å². The Labute approximate surface area is 132 Å². The highest BCUT2D eigenvalue weighted by Gasteiger charge is 2.28. The standard InChI is InChI=1S/C14H15Cl2NO4/c15-10-3-1-9(11(16)7-10)2-4-13(18)17-5-6-21-12(8-17)14(19)20/h1,3,7,12H,2,4-6,8H2,(H,19,20)/t12-/m0/s1. The van der Waals surface area contributed by atoms with E-state index >= 15 is 0 Å². The van der Waals surface area contributed by atoms with Gasteiger partial charge in [-0.1, -0.05) is 29.3 Å². The molecule has 0 unspecified atom stereocenters. The minimum Gasteiger partial charge on any atom is -0.479 e. The third-order valence-electron chi connectivity index (χ3n) is 3.32. The number of rotatable bonds is 4. The van der Waals surface area contributed by atoms with Crippen molar-refractivity contribution in [3.63, 3.8) is 0 Å². The molecule has 0 saturated carbocycles. The predicted molar refractivity (Wildman–Crippen MR) is 78.7 cm³/mol. The van der Waals surface area contributed by atoms with Gasteiger partial charge in [-0.2, -0.15) is 0 Å². The summed E-state index contributed by atoms with van der Waals surface area (Å²) in [5, 5.41) is 9.99. The maximum Gasteiger partial charge on any atom is 0.334 e. The Kier molecular flexibility index (Phi) is 5.45. The fraction of sp³-hybridized carbons (Fsp3) is 0.429. The van der Waals surface area contributed by atoms with Gasteiger partial charge in [-0.3, -0.25) is 4.79 Å². The molecule has 0 bridgehead atoms. The van der Waals surface area contributed by atoms with Crippen LogP contribution in [0.15, 0.2) is 18.2 Å². The molecule has 7 heteroatoms.